The molecule has 0 amide bonds. The number of para-hydroxylation sites is 2. The maximum absolute atomic E-state index is 5.28. The Kier molecular flexibility index (Phi) is 6.38. The van der Waals surface area contributed by atoms with Crippen molar-refractivity contribution in [1.82, 2.24) is 23.8 Å². The van der Waals surface area contributed by atoms with Gasteiger partial charge in [-0.25, -0.2) is 15.0 Å². The number of benzene rings is 9. The van der Waals surface area contributed by atoms with Gasteiger partial charge in [-0.2, -0.15) is 0 Å². The summed E-state index contributed by atoms with van der Waals surface area (Å²) in [5, 5.41) is 11.9. The summed E-state index contributed by atoms with van der Waals surface area (Å²) in [7, 11) is 0. The van der Waals surface area contributed by atoms with Crippen LogP contribution in [0.25, 0.3) is 121 Å². The Labute approximate surface area is 331 Å². The summed E-state index contributed by atoms with van der Waals surface area (Å²) < 4.78 is 5.02. The second-order valence-corrected chi connectivity index (χ2v) is 15.2. The van der Waals surface area contributed by atoms with Gasteiger partial charge < -0.3 is 8.80 Å². The molecule has 4 aromatic heterocycles. The molecule has 0 N–H and O–H groups in total. The predicted molar refractivity (Wildman–Crippen MR) is 241 cm³/mol. The lowest BCUT2D eigenvalue weighted by Gasteiger charge is -2.13. The molecule has 0 unspecified atom stereocenters. The minimum atomic E-state index is 0.639. The first-order chi connectivity index (χ1) is 28.8. The quantitative estimate of drug-likeness (QED) is 0.181. The molecule has 0 fully saturated rings. The molecule has 0 spiro atoms. The van der Waals surface area contributed by atoms with Crippen molar-refractivity contribution in [2.75, 3.05) is 0 Å². The van der Waals surface area contributed by atoms with Crippen LogP contribution in [0.2, 0.25) is 0 Å². The number of nitrogens with zero attached hydrogens (tertiary/aromatic N) is 5. The van der Waals surface area contributed by atoms with E-state index in [2.05, 4.69) is 160 Å². The fourth-order valence-corrected chi connectivity index (χ4v) is 9.56. The van der Waals surface area contributed by atoms with Crippen LogP contribution in [-0.2, 0) is 0 Å². The highest BCUT2D eigenvalue weighted by Crippen LogP contribution is 2.46. The van der Waals surface area contributed by atoms with Crippen LogP contribution in [0.1, 0.15) is 0 Å². The van der Waals surface area contributed by atoms with Gasteiger partial charge in [0.25, 0.3) is 0 Å². The SMILES string of the molecule is c1ccc(-c2nc(-c3ccccc3)nc(-c3cccc4c3c3c5ccccc5cc5c6cc7ccccc7cc6n6c7ccccc7c7cccc(c76)n4c53)n2)cc1. The van der Waals surface area contributed by atoms with Gasteiger partial charge >= 0.3 is 0 Å². The van der Waals surface area contributed by atoms with E-state index in [4.69, 9.17) is 15.0 Å². The number of fused-ring (bicyclic) bond motifs is 13. The molecule has 0 aliphatic carbocycles. The molecule has 0 saturated heterocycles. The zero-order chi connectivity index (χ0) is 37.9. The molecule has 13 aromatic rings. The lowest BCUT2D eigenvalue weighted by molar-refractivity contribution is 1.08. The van der Waals surface area contributed by atoms with E-state index in [9.17, 15) is 0 Å². The van der Waals surface area contributed by atoms with Gasteiger partial charge in [0.05, 0.1) is 33.1 Å². The van der Waals surface area contributed by atoms with Gasteiger partial charge in [-0.1, -0.05) is 152 Å². The van der Waals surface area contributed by atoms with Gasteiger partial charge in [0.2, 0.25) is 0 Å². The van der Waals surface area contributed by atoms with Crippen LogP contribution in [0, 0.1) is 0 Å². The van der Waals surface area contributed by atoms with Crippen LogP contribution < -0.4 is 0 Å². The Hall–Kier alpha value is -7.89. The van der Waals surface area contributed by atoms with Gasteiger partial charge in [-0.15, -0.1) is 0 Å². The number of aromatic nitrogens is 5. The molecule has 9 aromatic carbocycles. The lowest BCUT2D eigenvalue weighted by atomic mass is 9.96. The number of hydrogen-bond donors (Lipinski definition) is 0. The number of rotatable bonds is 3. The topological polar surface area (TPSA) is 47.5 Å². The van der Waals surface area contributed by atoms with Crippen LogP contribution in [0.4, 0.5) is 0 Å². The van der Waals surface area contributed by atoms with E-state index in [1.54, 1.807) is 0 Å². The van der Waals surface area contributed by atoms with Crippen molar-refractivity contribution in [2.24, 2.45) is 0 Å². The molecule has 5 heteroatoms. The minimum absolute atomic E-state index is 0.639. The predicted octanol–water partition coefficient (Wildman–Crippen LogP) is 13.5. The van der Waals surface area contributed by atoms with Crippen LogP contribution in [-0.4, -0.2) is 23.8 Å². The van der Waals surface area contributed by atoms with E-state index in [-0.39, 0.29) is 0 Å². The summed E-state index contributed by atoms with van der Waals surface area (Å²) in [6, 6.07) is 67.4. The maximum atomic E-state index is 5.28. The molecule has 5 nitrogen and oxygen atoms in total. The first kappa shape index (κ1) is 31.3. The monoisotopic (exact) mass is 737 g/mol. The molecule has 268 valence electrons. The normalized spacial score (nSPS) is 12.1. The van der Waals surface area contributed by atoms with Gasteiger partial charge in [-0.3, -0.25) is 0 Å². The first-order valence-corrected chi connectivity index (χ1v) is 19.7. The van der Waals surface area contributed by atoms with Crippen molar-refractivity contribution in [3.8, 4) is 34.2 Å². The lowest BCUT2D eigenvalue weighted by Crippen LogP contribution is -2.00. The van der Waals surface area contributed by atoms with Gasteiger partial charge in [0.1, 0.15) is 0 Å². The molecule has 0 bridgehead atoms. The summed E-state index contributed by atoms with van der Waals surface area (Å²) in [5.74, 6) is 1.92. The van der Waals surface area contributed by atoms with E-state index in [1.165, 1.54) is 70.5 Å². The van der Waals surface area contributed by atoms with E-state index in [1.807, 2.05) is 36.4 Å². The summed E-state index contributed by atoms with van der Waals surface area (Å²) in [4.78, 5) is 15.6. The van der Waals surface area contributed by atoms with Crippen molar-refractivity contribution < 1.29 is 0 Å². The van der Waals surface area contributed by atoms with Crippen LogP contribution in [0.3, 0.4) is 0 Å². The molecule has 58 heavy (non-hydrogen) atoms. The standard InChI is InChI=1S/C53H31N5/c1-3-15-32(16-4-1)51-54-52(33-17-5-2-6-18-33)56-53(55-51)40-25-14-27-44-47(40)48-37-22-10-9-21-36(37)30-42-41-29-34-19-7-8-20-35(34)31-46(41)57-43-26-12-11-23-38(43)39-24-13-28-45(49(39)57)58(44)50(42)48/h1-31H. The zero-order valence-electron chi connectivity index (χ0n) is 31.1. The molecule has 4 heterocycles. The fraction of sp³-hybridized carbons (Fsp3) is 0. The Morgan fingerprint density at radius 3 is 1.59 bits per heavy atom. The first-order valence-electron chi connectivity index (χ1n) is 19.7. The van der Waals surface area contributed by atoms with Crippen molar-refractivity contribution in [3.05, 3.63) is 188 Å². The largest absolute Gasteiger partial charge is 0.307 e. The smallest absolute Gasteiger partial charge is 0.164 e. The van der Waals surface area contributed by atoms with Crippen molar-refractivity contribution >= 4 is 87.0 Å². The molecular formula is C53H31N5. The summed E-state index contributed by atoms with van der Waals surface area (Å²) in [6.07, 6.45) is 0. The van der Waals surface area contributed by atoms with Crippen LogP contribution in [0.15, 0.2) is 188 Å². The van der Waals surface area contributed by atoms with Crippen molar-refractivity contribution in [1.29, 1.82) is 0 Å². The highest BCUT2D eigenvalue weighted by atomic mass is 15.0. The maximum Gasteiger partial charge on any atom is 0.164 e. The Bertz CT molecular complexity index is 3790. The molecular weight excluding hydrogens is 707 g/mol. The van der Waals surface area contributed by atoms with Crippen LogP contribution >= 0.6 is 0 Å². The summed E-state index contributed by atoms with van der Waals surface area (Å²) in [6.45, 7) is 0. The average Bonchev–Trinajstić information content (AvgIpc) is 3.82. The van der Waals surface area contributed by atoms with Gasteiger partial charge in [0.15, 0.2) is 17.5 Å². The summed E-state index contributed by atoms with van der Waals surface area (Å²) >= 11 is 0. The highest BCUT2D eigenvalue weighted by Gasteiger charge is 2.24. The zero-order valence-corrected chi connectivity index (χ0v) is 31.1. The molecule has 0 aliphatic heterocycles. The van der Waals surface area contributed by atoms with Gasteiger partial charge in [-0.05, 0) is 57.9 Å². The van der Waals surface area contributed by atoms with E-state index in [0.29, 0.717) is 17.5 Å². The van der Waals surface area contributed by atoms with E-state index < -0.39 is 0 Å². The second kappa shape index (κ2) is 11.8. The minimum Gasteiger partial charge on any atom is -0.307 e. The third-order valence-electron chi connectivity index (χ3n) is 12.0. The Balaban J connectivity index is 1.31. The molecule has 13 rings (SSSR count). The van der Waals surface area contributed by atoms with Crippen molar-refractivity contribution in [3.63, 3.8) is 0 Å². The average molecular weight is 738 g/mol. The fourth-order valence-electron chi connectivity index (χ4n) is 9.56. The highest BCUT2D eigenvalue weighted by molar-refractivity contribution is 6.32. The second-order valence-electron chi connectivity index (χ2n) is 15.2. The third-order valence-corrected chi connectivity index (χ3v) is 12.0. The van der Waals surface area contributed by atoms with Gasteiger partial charge in [0, 0.05) is 49.0 Å². The third kappa shape index (κ3) is 4.33. The molecule has 0 aliphatic rings. The molecule has 0 radical (unpaired) electrons. The molecule has 0 saturated carbocycles. The number of hydrogen-bond acceptors (Lipinski definition) is 3. The van der Waals surface area contributed by atoms with E-state index >= 15 is 0 Å². The van der Waals surface area contributed by atoms with Crippen LogP contribution in [0.5, 0.6) is 0 Å². The van der Waals surface area contributed by atoms with Crippen molar-refractivity contribution in [2.45, 2.75) is 0 Å². The summed E-state index contributed by atoms with van der Waals surface area (Å²) in [5.41, 5.74) is 9.79. The Morgan fingerprint density at radius 2 is 0.828 bits per heavy atom. The van der Waals surface area contributed by atoms with E-state index in [0.717, 1.165) is 33.1 Å². The Morgan fingerprint density at radius 1 is 0.293 bits per heavy atom. The molecule has 0 atom stereocenters.